The molecule has 0 aliphatic carbocycles. The number of para-hydroxylation sites is 2. The van der Waals surface area contributed by atoms with E-state index in [-0.39, 0.29) is 16.9 Å². The second-order valence-corrected chi connectivity index (χ2v) is 7.77. The molecular formula is C20H19N3O5S. The van der Waals surface area contributed by atoms with Crippen LogP contribution in [0.3, 0.4) is 0 Å². The molecule has 150 valence electrons. The molecular weight excluding hydrogens is 394 g/mol. The summed E-state index contributed by atoms with van der Waals surface area (Å²) in [5.41, 5.74) is 1.01. The fourth-order valence-electron chi connectivity index (χ4n) is 3.45. The summed E-state index contributed by atoms with van der Waals surface area (Å²) in [5, 5.41) is 0.615. The van der Waals surface area contributed by atoms with Crippen molar-refractivity contribution in [3.63, 3.8) is 0 Å². The third kappa shape index (κ3) is 3.28. The zero-order chi connectivity index (χ0) is 20.8. The zero-order valence-corrected chi connectivity index (χ0v) is 16.7. The number of nitrogens with zero attached hydrogens (tertiary/aromatic N) is 3. The van der Waals surface area contributed by atoms with Crippen LogP contribution in [0.1, 0.15) is 13.8 Å². The predicted molar refractivity (Wildman–Crippen MR) is 112 cm³/mol. The molecule has 2 heterocycles. The van der Waals surface area contributed by atoms with E-state index in [2.05, 4.69) is 9.88 Å². The Bertz CT molecular complexity index is 1380. The summed E-state index contributed by atoms with van der Waals surface area (Å²) in [5.74, 6) is -0.197. The Hall–Kier alpha value is -3.17. The Kier molecular flexibility index (Phi) is 4.64. The van der Waals surface area contributed by atoms with Crippen LogP contribution in [-0.2, 0) is 10.3 Å². The number of fused-ring (bicyclic) bond motifs is 2. The monoisotopic (exact) mass is 413 g/mol. The SMILES string of the molecule is CCN(CC)c1ccc2cc(-c3nc4ccccc4n3S(=O)(=O)O)c(=O)oc2c1. The highest BCUT2D eigenvalue weighted by atomic mass is 32.2. The van der Waals surface area contributed by atoms with Crippen molar-refractivity contribution in [2.24, 2.45) is 0 Å². The second kappa shape index (κ2) is 7.02. The van der Waals surface area contributed by atoms with E-state index >= 15 is 0 Å². The summed E-state index contributed by atoms with van der Waals surface area (Å²) < 4.78 is 39.9. The Balaban J connectivity index is 1.97. The van der Waals surface area contributed by atoms with Gasteiger partial charge in [-0.25, -0.2) is 9.78 Å². The largest absolute Gasteiger partial charge is 0.422 e. The average Bonchev–Trinajstić information content (AvgIpc) is 3.08. The second-order valence-electron chi connectivity index (χ2n) is 6.51. The Morgan fingerprint density at radius 1 is 1.10 bits per heavy atom. The maximum atomic E-state index is 12.7. The van der Waals surface area contributed by atoms with Gasteiger partial charge in [0.15, 0.2) is 5.82 Å². The first-order chi connectivity index (χ1) is 13.8. The van der Waals surface area contributed by atoms with Crippen LogP contribution in [0, 0.1) is 0 Å². The maximum Gasteiger partial charge on any atom is 0.365 e. The molecule has 0 saturated carbocycles. The van der Waals surface area contributed by atoms with Crippen LogP contribution in [0.25, 0.3) is 33.4 Å². The van der Waals surface area contributed by atoms with Crippen LogP contribution in [0.5, 0.6) is 0 Å². The lowest BCUT2D eigenvalue weighted by Crippen LogP contribution is -2.21. The number of anilines is 1. The van der Waals surface area contributed by atoms with Gasteiger partial charge in [-0.2, -0.15) is 12.4 Å². The third-order valence-corrected chi connectivity index (χ3v) is 5.67. The summed E-state index contributed by atoms with van der Waals surface area (Å²) in [7, 11) is -4.69. The van der Waals surface area contributed by atoms with Crippen molar-refractivity contribution in [2.45, 2.75) is 13.8 Å². The summed E-state index contributed by atoms with van der Waals surface area (Å²) in [6, 6.07) is 13.4. The number of rotatable bonds is 5. The smallest absolute Gasteiger partial charge is 0.365 e. The molecule has 0 saturated heterocycles. The molecule has 0 unspecified atom stereocenters. The molecule has 0 radical (unpaired) electrons. The van der Waals surface area contributed by atoms with E-state index in [1.54, 1.807) is 30.3 Å². The highest BCUT2D eigenvalue weighted by Crippen LogP contribution is 2.28. The van der Waals surface area contributed by atoms with Gasteiger partial charge in [0.1, 0.15) is 11.1 Å². The molecule has 0 spiro atoms. The topological polar surface area (TPSA) is 106 Å². The molecule has 2 aromatic heterocycles. The number of hydrogen-bond donors (Lipinski definition) is 1. The molecule has 0 bridgehead atoms. The third-order valence-electron chi connectivity index (χ3n) is 4.84. The standard InChI is InChI=1S/C20H19N3O5S/c1-3-22(4-2)14-10-9-13-11-15(20(24)28-18(13)12-14)19-21-16-7-5-6-8-17(16)23(19)29(25,26)27/h5-12H,3-4H2,1-2H3,(H,25,26,27). The molecule has 1 N–H and O–H groups in total. The van der Waals surface area contributed by atoms with Gasteiger partial charge in [-0.3, -0.25) is 4.55 Å². The molecule has 4 rings (SSSR count). The molecule has 0 fully saturated rings. The summed E-state index contributed by atoms with van der Waals surface area (Å²) in [6.45, 7) is 5.69. The van der Waals surface area contributed by atoms with Crippen molar-refractivity contribution >= 4 is 38.0 Å². The minimum Gasteiger partial charge on any atom is -0.422 e. The number of hydrogen-bond acceptors (Lipinski definition) is 6. The van der Waals surface area contributed by atoms with Gasteiger partial charge in [-0.1, -0.05) is 12.1 Å². The lowest BCUT2D eigenvalue weighted by molar-refractivity contribution is 0.474. The van der Waals surface area contributed by atoms with Crippen molar-refractivity contribution < 1.29 is 17.4 Å². The molecule has 0 amide bonds. The molecule has 2 aromatic carbocycles. The Labute approximate surface area is 166 Å². The lowest BCUT2D eigenvalue weighted by Gasteiger charge is -2.21. The normalized spacial score (nSPS) is 12.0. The van der Waals surface area contributed by atoms with E-state index in [1.165, 1.54) is 12.1 Å². The fraction of sp³-hybridized carbons (Fsp3) is 0.200. The first-order valence-corrected chi connectivity index (χ1v) is 10.5. The molecule has 8 nitrogen and oxygen atoms in total. The van der Waals surface area contributed by atoms with Gasteiger partial charge in [-0.15, -0.1) is 0 Å². The number of imidazole rings is 1. The van der Waals surface area contributed by atoms with Gasteiger partial charge >= 0.3 is 15.9 Å². The van der Waals surface area contributed by atoms with Gasteiger partial charge in [0.05, 0.1) is 11.0 Å². The Morgan fingerprint density at radius 2 is 1.83 bits per heavy atom. The van der Waals surface area contributed by atoms with Crippen molar-refractivity contribution in [1.29, 1.82) is 0 Å². The molecule has 4 aromatic rings. The number of benzene rings is 2. The van der Waals surface area contributed by atoms with Crippen LogP contribution < -0.4 is 10.5 Å². The maximum absolute atomic E-state index is 12.7. The lowest BCUT2D eigenvalue weighted by atomic mass is 10.1. The van der Waals surface area contributed by atoms with Gasteiger partial charge < -0.3 is 9.32 Å². The highest BCUT2D eigenvalue weighted by molar-refractivity contribution is 7.84. The highest BCUT2D eigenvalue weighted by Gasteiger charge is 2.24. The minimum absolute atomic E-state index is 0.0538. The van der Waals surface area contributed by atoms with Gasteiger partial charge in [-0.05, 0) is 44.2 Å². The molecule has 0 aliphatic rings. The minimum atomic E-state index is -4.69. The van der Waals surface area contributed by atoms with E-state index in [4.69, 9.17) is 4.42 Å². The summed E-state index contributed by atoms with van der Waals surface area (Å²) in [6.07, 6.45) is 0. The van der Waals surface area contributed by atoms with Crippen LogP contribution >= 0.6 is 0 Å². The van der Waals surface area contributed by atoms with Crippen molar-refractivity contribution in [3.05, 3.63) is 59.0 Å². The van der Waals surface area contributed by atoms with Crippen molar-refractivity contribution in [3.8, 4) is 11.4 Å². The van der Waals surface area contributed by atoms with Crippen LogP contribution in [0.4, 0.5) is 5.69 Å². The average molecular weight is 413 g/mol. The van der Waals surface area contributed by atoms with Crippen LogP contribution in [-0.4, -0.2) is 35.0 Å². The van der Waals surface area contributed by atoms with Crippen LogP contribution in [0.15, 0.2) is 57.7 Å². The fourth-order valence-corrected chi connectivity index (χ4v) is 4.21. The van der Waals surface area contributed by atoms with Gasteiger partial charge in [0, 0.05) is 30.2 Å². The van der Waals surface area contributed by atoms with E-state index in [1.807, 2.05) is 19.9 Å². The van der Waals surface area contributed by atoms with E-state index in [0.29, 0.717) is 20.5 Å². The summed E-state index contributed by atoms with van der Waals surface area (Å²) >= 11 is 0. The van der Waals surface area contributed by atoms with Crippen molar-refractivity contribution in [2.75, 3.05) is 18.0 Å². The van der Waals surface area contributed by atoms with E-state index < -0.39 is 15.9 Å². The summed E-state index contributed by atoms with van der Waals surface area (Å²) in [4.78, 5) is 19.1. The quantitative estimate of drug-likeness (QED) is 0.395. The van der Waals surface area contributed by atoms with Gasteiger partial charge in [0.25, 0.3) is 0 Å². The first kappa shape index (κ1) is 19.2. The van der Waals surface area contributed by atoms with E-state index in [0.717, 1.165) is 18.8 Å². The number of aromatic nitrogens is 2. The molecule has 0 atom stereocenters. The molecule has 9 heteroatoms. The zero-order valence-electron chi connectivity index (χ0n) is 15.9. The molecule has 0 aliphatic heterocycles. The first-order valence-electron chi connectivity index (χ1n) is 9.12. The Morgan fingerprint density at radius 3 is 2.52 bits per heavy atom. The van der Waals surface area contributed by atoms with Gasteiger partial charge in [0.2, 0.25) is 0 Å². The van der Waals surface area contributed by atoms with Crippen molar-refractivity contribution in [1.82, 2.24) is 8.96 Å². The van der Waals surface area contributed by atoms with Crippen LogP contribution in [0.2, 0.25) is 0 Å². The van der Waals surface area contributed by atoms with E-state index in [9.17, 15) is 17.8 Å². The predicted octanol–water partition coefficient (Wildman–Crippen LogP) is 3.31. The molecule has 29 heavy (non-hydrogen) atoms.